The number of fused-ring (bicyclic) bond motifs is 1. The van der Waals surface area contributed by atoms with Crippen LogP contribution in [0.15, 0.2) is 41.5 Å². The average molecular weight is 456 g/mol. The maximum absolute atomic E-state index is 12.8. The van der Waals surface area contributed by atoms with Gasteiger partial charge >= 0.3 is 0 Å². The molecule has 3 rings (SSSR count). The number of hydrogen-bond donors (Lipinski definition) is 2. The SMILES string of the molecule is CCCOc1c(/C=N/NC(=O)C(NC(=O)c2ccc3c(c2)OCO3)C(C)C)cccc1OC. The molecular formula is C24H29N3O6. The van der Waals surface area contributed by atoms with E-state index in [9.17, 15) is 9.59 Å². The van der Waals surface area contributed by atoms with Crippen LogP contribution in [0.1, 0.15) is 43.1 Å². The lowest BCUT2D eigenvalue weighted by Crippen LogP contribution is -2.48. The van der Waals surface area contributed by atoms with E-state index in [0.717, 1.165) is 6.42 Å². The number of hydrogen-bond acceptors (Lipinski definition) is 7. The maximum atomic E-state index is 12.8. The summed E-state index contributed by atoms with van der Waals surface area (Å²) >= 11 is 0. The van der Waals surface area contributed by atoms with Crippen LogP contribution >= 0.6 is 0 Å². The molecule has 0 bridgehead atoms. The van der Waals surface area contributed by atoms with Gasteiger partial charge in [-0.3, -0.25) is 9.59 Å². The van der Waals surface area contributed by atoms with Crippen molar-refractivity contribution in [2.24, 2.45) is 11.0 Å². The number of carbonyl (C=O) groups is 2. The fourth-order valence-corrected chi connectivity index (χ4v) is 3.19. The van der Waals surface area contributed by atoms with Gasteiger partial charge in [0.25, 0.3) is 11.8 Å². The van der Waals surface area contributed by atoms with E-state index < -0.39 is 17.9 Å². The van der Waals surface area contributed by atoms with Crippen LogP contribution in [0.2, 0.25) is 0 Å². The number of methoxy groups -OCH3 is 1. The third-order valence-corrected chi connectivity index (χ3v) is 4.93. The van der Waals surface area contributed by atoms with Gasteiger partial charge in [-0.05, 0) is 42.7 Å². The van der Waals surface area contributed by atoms with Gasteiger partial charge in [0.05, 0.1) is 19.9 Å². The molecule has 1 heterocycles. The molecule has 2 N–H and O–H groups in total. The summed E-state index contributed by atoms with van der Waals surface area (Å²) in [5.41, 5.74) is 3.54. The smallest absolute Gasteiger partial charge is 0.262 e. The fraction of sp³-hybridized carbons (Fsp3) is 0.375. The second-order valence-electron chi connectivity index (χ2n) is 7.72. The van der Waals surface area contributed by atoms with Gasteiger partial charge in [0, 0.05) is 11.1 Å². The van der Waals surface area contributed by atoms with E-state index in [-0.39, 0.29) is 12.7 Å². The highest BCUT2D eigenvalue weighted by Gasteiger charge is 2.25. The van der Waals surface area contributed by atoms with Crippen LogP contribution in [0.3, 0.4) is 0 Å². The zero-order valence-corrected chi connectivity index (χ0v) is 19.2. The van der Waals surface area contributed by atoms with Crippen LogP contribution in [-0.2, 0) is 4.79 Å². The highest BCUT2D eigenvalue weighted by atomic mass is 16.7. The number of ether oxygens (including phenoxy) is 4. The summed E-state index contributed by atoms with van der Waals surface area (Å²) in [4.78, 5) is 25.5. The van der Waals surface area contributed by atoms with Crippen LogP contribution in [-0.4, -0.2) is 44.6 Å². The van der Waals surface area contributed by atoms with Crippen molar-refractivity contribution in [3.05, 3.63) is 47.5 Å². The first-order valence-electron chi connectivity index (χ1n) is 10.8. The summed E-state index contributed by atoms with van der Waals surface area (Å²) < 4.78 is 21.7. The van der Waals surface area contributed by atoms with Gasteiger partial charge < -0.3 is 24.3 Å². The first-order chi connectivity index (χ1) is 15.9. The molecule has 2 aromatic carbocycles. The Morgan fingerprint density at radius 2 is 1.97 bits per heavy atom. The van der Waals surface area contributed by atoms with Crippen molar-refractivity contribution < 1.29 is 28.5 Å². The molecule has 0 spiro atoms. The molecule has 2 aromatic rings. The van der Waals surface area contributed by atoms with Gasteiger partial charge in [0.1, 0.15) is 6.04 Å². The van der Waals surface area contributed by atoms with E-state index in [2.05, 4.69) is 15.8 Å². The fourth-order valence-electron chi connectivity index (χ4n) is 3.19. The van der Waals surface area contributed by atoms with Crippen LogP contribution < -0.4 is 29.7 Å². The molecule has 0 saturated carbocycles. The summed E-state index contributed by atoms with van der Waals surface area (Å²) in [6.45, 7) is 6.33. The molecular weight excluding hydrogens is 426 g/mol. The molecule has 33 heavy (non-hydrogen) atoms. The summed E-state index contributed by atoms with van der Waals surface area (Å²) in [5, 5.41) is 6.83. The summed E-state index contributed by atoms with van der Waals surface area (Å²) in [6, 6.07) is 9.50. The molecule has 9 heteroatoms. The lowest BCUT2D eigenvalue weighted by Gasteiger charge is -2.20. The lowest BCUT2D eigenvalue weighted by molar-refractivity contribution is -0.123. The standard InChI is InChI=1S/C24H29N3O6/c1-5-11-31-22-17(7-6-8-19(22)30-4)13-25-27-24(29)21(15(2)3)26-23(28)16-9-10-18-20(12-16)33-14-32-18/h6-10,12-13,15,21H,5,11,14H2,1-4H3,(H,26,28)(H,27,29)/b25-13+. The molecule has 1 aliphatic heterocycles. The molecule has 0 radical (unpaired) electrons. The van der Waals surface area contributed by atoms with Crippen molar-refractivity contribution in [1.82, 2.24) is 10.7 Å². The van der Waals surface area contributed by atoms with Gasteiger partial charge in [0.15, 0.2) is 23.0 Å². The number of amides is 2. The number of nitrogens with zero attached hydrogens (tertiary/aromatic N) is 1. The number of rotatable bonds is 10. The summed E-state index contributed by atoms with van der Waals surface area (Å²) in [6.07, 6.45) is 2.33. The number of carbonyl (C=O) groups excluding carboxylic acids is 2. The normalized spacial score (nSPS) is 13.1. The van der Waals surface area contributed by atoms with Gasteiger partial charge in [-0.15, -0.1) is 0 Å². The van der Waals surface area contributed by atoms with Crippen molar-refractivity contribution in [2.75, 3.05) is 20.5 Å². The number of para-hydroxylation sites is 1. The zero-order valence-electron chi connectivity index (χ0n) is 19.2. The molecule has 1 atom stereocenters. The molecule has 0 aromatic heterocycles. The predicted molar refractivity (Wildman–Crippen MR) is 123 cm³/mol. The summed E-state index contributed by atoms with van der Waals surface area (Å²) in [7, 11) is 1.56. The van der Waals surface area contributed by atoms with E-state index in [1.165, 1.54) is 6.21 Å². The Hall–Kier alpha value is -3.75. The van der Waals surface area contributed by atoms with E-state index in [1.54, 1.807) is 31.4 Å². The zero-order chi connectivity index (χ0) is 23.8. The molecule has 1 aliphatic rings. The molecule has 0 saturated heterocycles. The second-order valence-corrected chi connectivity index (χ2v) is 7.72. The highest BCUT2D eigenvalue weighted by molar-refractivity contribution is 5.98. The minimum atomic E-state index is -0.791. The molecule has 2 amide bonds. The Morgan fingerprint density at radius 1 is 1.18 bits per heavy atom. The first-order valence-corrected chi connectivity index (χ1v) is 10.8. The van der Waals surface area contributed by atoms with Crippen molar-refractivity contribution >= 4 is 18.0 Å². The topological polar surface area (TPSA) is 107 Å². The second kappa shape index (κ2) is 11.2. The molecule has 1 unspecified atom stereocenters. The molecule has 176 valence electrons. The number of nitrogens with one attached hydrogen (secondary N) is 2. The average Bonchev–Trinajstić information content (AvgIpc) is 3.28. The van der Waals surface area contributed by atoms with Crippen LogP contribution in [0.4, 0.5) is 0 Å². The Kier molecular flexibility index (Phi) is 8.12. The van der Waals surface area contributed by atoms with E-state index >= 15 is 0 Å². The quantitative estimate of drug-likeness (QED) is 0.421. The Labute approximate surface area is 193 Å². The van der Waals surface area contributed by atoms with Gasteiger partial charge in [-0.1, -0.05) is 26.8 Å². The van der Waals surface area contributed by atoms with Gasteiger partial charge in [-0.25, -0.2) is 5.43 Å². The Balaban J connectivity index is 1.67. The molecule has 9 nitrogen and oxygen atoms in total. The van der Waals surface area contributed by atoms with Crippen molar-refractivity contribution in [2.45, 2.75) is 33.2 Å². The van der Waals surface area contributed by atoms with Crippen LogP contribution in [0.5, 0.6) is 23.0 Å². The van der Waals surface area contributed by atoms with Gasteiger partial charge in [0.2, 0.25) is 6.79 Å². The van der Waals surface area contributed by atoms with Crippen molar-refractivity contribution in [3.63, 3.8) is 0 Å². The summed E-state index contributed by atoms with van der Waals surface area (Å²) in [5.74, 6) is 1.21. The van der Waals surface area contributed by atoms with E-state index in [1.807, 2.05) is 32.9 Å². The van der Waals surface area contributed by atoms with E-state index in [0.29, 0.717) is 40.7 Å². The molecule has 0 aliphatic carbocycles. The van der Waals surface area contributed by atoms with Crippen LogP contribution in [0, 0.1) is 5.92 Å². The monoisotopic (exact) mass is 455 g/mol. The third kappa shape index (κ3) is 5.94. The predicted octanol–water partition coefficient (Wildman–Crippen LogP) is 3.12. The van der Waals surface area contributed by atoms with E-state index in [4.69, 9.17) is 18.9 Å². The minimum absolute atomic E-state index is 0.119. The van der Waals surface area contributed by atoms with Crippen molar-refractivity contribution in [1.29, 1.82) is 0 Å². The number of benzene rings is 2. The van der Waals surface area contributed by atoms with Crippen molar-refractivity contribution in [3.8, 4) is 23.0 Å². The maximum Gasteiger partial charge on any atom is 0.262 e. The minimum Gasteiger partial charge on any atom is -0.493 e. The highest BCUT2D eigenvalue weighted by Crippen LogP contribution is 2.32. The molecule has 0 fully saturated rings. The first kappa shape index (κ1) is 23.9. The Bertz CT molecular complexity index is 1020. The lowest BCUT2D eigenvalue weighted by atomic mass is 10.0. The van der Waals surface area contributed by atoms with Crippen LogP contribution in [0.25, 0.3) is 0 Å². The van der Waals surface area contributed by atoms with Gasteiger partial charge in [-0.2, -0.15) is 5.10 Å². The Morgan fingerprint density at radius 3 is 2.70 bits per heavy atom. The third-order valence-electron chi connectivity index (χ3n) is 4.93. The largest absolute Gasteiger partial charge is 0.493 e. The number of hydrazone groups is 1.